The third kappa shape index (κ3) is 5.35. The first kappa shape index (κ1) is 19.1. The van der Waals surface area contributed by atoms with Crippen LogP contribution < -0.4 is 5.84 Å². The van der Waals surface area contributed by atoms with E-state index in [1.165, 1.54) is 19.3 Å². The van der Waals surface area contributed by atoms with Gasteiger partial charge < -0.3 is 4.90 Å². The molecule has 0 aromatic carbocycles. The fraction of sp³-hybridized carbons (Fsp3) is 0.789. The van der Waals surface area contributed by atoms with E-state index >= 15 is 0 Å². The normalized spacial score (nSPS) is 25.2. The molecule has 0 spiro atoms. The second-order valence-corrected chi connectivity index (χ2v) is 7.56. The summed E-state index contributed by atoms with van der Waals surface area (Å²) in [5, 5.41) is 1.90. The summed E-state index contributed by atoms with van der Waals surface area (Å²) in [6, 6.07) is 0. The molecule has 0 saturated carbocycles. The van der Waals surface area contributed by atoms with Crippen molar-refractivity contribution in [3.05, 3.63) is 24.0 Å². The highest BCUT2D eigenvalue weighted by Gasteiger charge is 2.29. The van der Waals surface area contributed by atoms with Crippen molar-refractivity contribution in [1.82, 2.24) is 9.91 Å². The Labute approximate surface area is 138 Å². The van der Waals surface area contributed by atoms with E-state index in [-0.39, 0.29) is 0 Å². The van der Waals surface area contributed by atoms with E-state index in [2.05, 4.69) is 52.3 Å². The first-order valence-corrected chi connectivity index (χ1v) is 8.86. The Balaban J connectivity index is 2.55. The van der Waals surface area contributed by atoms with Crippen LogP contribution in [0.5, 0.6) is 0 Å². The topological polar surface area (TPSA) is 32.5 Å². The lowest BCUT2D eigenvalue weighted by atomic mass is 9.82. The second kappa shape index (κ2) is 8.61. The Morgan fingerprint density at radius 1 is 1.27 bits per heavy atom. The second-order valence-electron chi connectivity index (χ2n) is 7.56. The van der Waals surface area contributed by atoms with Crippen molar-refractivity contribution >= 4 is 0 Å². The Morgan fingerprint density at radius 3 is 2.41 bits per heavy atom. The first-order valence-electron chi connectivity index (χ1n) is 8.86. The quantitative estimate of drug-likeness (QED) is 0.714. The standard InChI is InChI=1S/C19H37N3/c1-8-15(4)16(5)9-10-17(6)18-12-21(7)19(11-14(2)3)22(20)13-18/h11,15-18H,2,8-10,12-13,20H2,1,3-7H3/b19-11-/t15?,16-,17?,18-/m1/s1. The number of hydrogen-bond donors (Lipinski definition) is 1. The van der Waals surface area contributed by atoms with Crippen molar-refractivity contribution in [2.75, 3.05) is 20.1 Å². The number of rotatable bonds is 7. The highest BCUT2D eigenvalue weighted by Crippen LogP contribution is 2.29. The molecule has 2 unspecified atom stereocenters. The van der Waals surface area contributed by atoms with Gasteiger partial charge in [0.2, 0.25) is 0 Å². The molecule has 2 N–H and O–H groups in total. The largest absolute Gasteiger partial charge is 0.360 e. The summed E-state index contributed by atoms with van der Waals surface area (Å²) in [5.74, 6) is 10.3. The molecule has 1 fully saturated rings. The van der Waals surface area contributed by atoms with Crippen LogP contribution in [0.2, 0.25) is 0 Å². The van der Waals surface area contributed by atoms with Crippen LogP contribution in [0, 0.1) is 23.7 Å². The average Bonchev–Trinajstić information content (AvgIpc) is 2.46. The zero-order valence-corrected chi connectivity index (χ0v) is 15.6. The molecule has 4 atom stereocenters. The first-order chi connectivity index (χ1) is 10.3. The number of nitrogens with two attached hydrogens (primary N) is 1. The molecular weight excluding hydrogens is 270 g/mol. The van der Waals surface area contributed by atoms with Gasteiger partial charge in [0.1, 0.15) is 5.82 Å². The summed E-state index contributed by atoms with van der Waals surface area (Å²) in [4.78, 5) is 2.28. The third-order valence-corrected chi connectivity index (χ3v) is 5.50. The maximum Gasteiger partial charge on any atom is 0.118 e. The molecule has 22 heavy (non-hydrogen) atoms. The van der Waals surface area contributed by atoms with Crippen molar-refractivity contribution in [3.8, 4) is 0 Å². The van der Waals surface area contributed by atoms with Crippen LogP contribution in [-0.2, 0) is 0 Å². The van der Waals surface area contributed by atoms with Crippen LogP contribution in [0.3, 0.4) is 0 Å². The van der Waals surface area contributed by atoms with Crippen LogP contribution in [0.25, 0.3) is 0 Å². The van der Waals surface area contributed by atoms with E-state index in [4.69, 9.17) is 5.84 Å². The SMILES string of the molecule is C=C(C)/C=C1/N(C)C[C@@H](C(C)CC[C@@H](C)C(C)CC)CN1N. The van der Waals surface area contributed by atoms with Crippen LogP contribution in [0.4, 0.5) is 0 Å². The van der Waals surface area contributed by atoms with Crippen LogP contribution in [0.1, 0.15) is 53.9 Å². The van der Waals surface area contributed by atoms with Crippen LogP contribution in [0.15, 0.2) is 24.0 Å². The van der Waals surface area contributed by atoms with Gasteiger partial charge in [0.15, 0.2) is 0 Å². The lowest BCUT2D eigenvalue weighted by molar-refractivity contribution is 0.0962. The van der Waals surface area contributed by atoms with Crippen molar-refractivity contribution < 1.29 is 0 Å². The molecule has 0 amide bonds. The predicted molar refractivity (Wildman–Crippen MR) is 96.9 cm³/mol. The Morgan fingerprint density at radius 2 is 1.91 bits per heavy atom. The van der Waals surface area contributed by atoms with Gasteiger partial charge in [-0.2, -0.15) is 0 Å². The van der Waals surface area contributed by atoms with E-state index in [0.29, 0.717) is 11.8 Å². The molecule has 0 aromatic heterocycles. The molecule has 1 heterocycles. The van der Waals surface area contributed by atoms with Gasteiger partial charge in [-0.3, -0.25) is 5.01 Å². The zero-order valence-electron chi connectivity index (χ0n) is 15.6. The van der Waals surface area contributed by atoms with E-state index < -0.39 is 0 Å². The lowest BCUT2D eigenvalue weighted by Crippen LogP contribution is -2.50. The van der Waals surface area contributed by atoms with Crippen molar-refractivity contribution in [2.45, 2.75) is 53.9 Å². The molecule has 1 aliphatic rings. The van der Waals surface area contributed by atoms with Crippen molar-refractivity contribution in [3.63, 3.8) is 0 Å². The minimum absolute atomic E-state index is 0.640. The van der Waals surface area contributed by atoms with Gasteiger partial charge in [-0.15, -0.1) is 0 Å². The number of allylic oxidation sites excluding steroid dienone is 2. The predicted octanol–water partition coefficient (Wildman–Crippen LogP) is 4.24. The van der Waals surface area contributed by atoms with Gasteiger partial charge >= 0.3 is 0 Å². The summed E-state index contributed by atoms with van der Waals surface area (Å²) in [7, 11) is 2.13. The third-order valence-electron chi connectivity index (χ3n) is 5.50. The summed E-state index contributed by atoms with van der Waals surface area (Å²) >= 11 is 0. The molecular formula is C19H37N3. The average molecular weight is 308 g/mol. The van der Waals surface area contributed by atoms with Crippen LogP contribution in [-0.4, -0.2) is 30.0 Å². The Bertz CT molecular complexity index is 374. The maximum absolute atomic E-state index is 6.25. The number of hydrogen-bond acceptors (Lipinski definition) is 3. The van der Waals surface area contributed by atoms with Crippen molar-refractivity contribution in [2.24, 2.45) is 29.5 Å². The van der Waals surface area contributed by atoms with E-state index in [9.17, 15) is 0 Å². The van der Waals surface area contributed by atoms with Gasteiger partial charge in [0.05, 0.1) is 0 Å². The number of nitrogens with zero attached hydrogens (tertiary/aromatic N) is 2. The summed E-state index contributed by atoms with van der Waals surface area (Å²) in [6.45, 7) is 17.5. The Hall–Kier alpha value is -0.960. The molecule has 0 aliphatic carbocycles. The van der Waals surface area contributed by atoms with Gasteiger partial charge in [-0.25, -0.2) is 5.84 Å². The highest BCUT2D eigenvalue weighted by molar-refractivity contribution is 5.18. The van der Waals surface area contributed by atoms with Gasteiger partial charge in [-0.1, -0.05) is 59.1 Å². The van der Waals surface area contributed by atoms with Gasteiger partial charge in [0, 0.05) is 20.1 Å². The molecule has 1 aliphatic heterocycles. The van der Waals surface area contributed by atoms with E-state index in [0.717, 1.165) is 36.3 Å². The molecule has 0 aromatic rings. The zero-order chi connectivity index (χ0) is 16.9. The fourth-order valence-corrected chi connectivity index (χ4v) is 3.29. The minimum Gasteiger partial charge on any atom is -0.360 e. The summed E-state index contributed by atoms with van der Waals surface area (Å²) in [5.41, 5.74) is 1.05. The van der Waals surface area contributed by atoms with Gasteiger partial charge in [-0.05, 0) is 36.7 Å². The minimum atomic E-state index is 0.640. The monoisotopic (exact) mass is 307 g/mol. The number of hydrazine groups is 1. The van der Waals surface area contributed by atoms with Gasteiger partial charge in [0.25, 0.3) is 0 Å². The lowest BCUT2D eigenvalue weighted by Gasteiger charge is -2.42. The summed E-state index contributed by atoms with van der Waals surface area (Å²) in [6.07, 6.45) is 5.99. The van der Waals surface area contributed by atoms with E-state index in [1.807, 2.05) is 11.9 Å². The van der Waals surface area contributed by atoms with Crippen molar-refractivity contribution in [1.29, 1.82) is 0 Å². The molecule has 128 valence electrons. The molecule has 1 rings (SSSR count). The highest BCUT2D eigenvalue weighted by atomic mass is 15.5. The van der Waals surface area contributed by atoms with Crippen LogP contribution >= 0.6 is 0 Å². The van der Waals surface area contributed by atoms with E-state index in [1.54, 1.807) is 0 Å². The molecule has 0 radical (unpaired) electrons. The Kier molecular flexibility index (Phi) is 7.47. The smallest absolute Gasteiger partial charge is 0.118 e. The molecule has 3 heteroatoms. The molecule has 0 bridgehead atoms. The fourth-order valence-electron chi connectivity index (χ4n) is 3.29. The molecule has 1 saturated heterocycles. The molecule has 3 nitrogen and oxygen atoms in total. The maximum atomic E-state index is 6.25. The summed E-state index contributed by atoms with van der Waals surface area (Å²) < 4.78 is 0.